The third kappa shape index (κ3) is 4.17. The molecule has 1 amide bonds. The van der Waals surface area contributed by atoms with E-state index in [1.54, 1.807) is 24.4 Å². The van der Waals surface area contributed by atoms with Crippen LogP contribution in [0.15, 0.2) is 47.5 Å². The monoisotopic (exact) mass is 342 g/mol. The molecule has 1 fully saturated rings. The number of hydrogen-bond acceptors (Lipinski definition) is 4. The fourth-order valence-electron chi connectivity index (χ4n) is 3.21. The summed E-state index contributed by atoms with van der Waals surface area (Å²) in [5.74, 6) is -0.279. The Balaban J connectivity index is 1.75. The van der Waals surface area contributed by atoms with Crippen LogP contribution in [-0.2, 0) is 0 Å². The quantitative estimate of drug-likeness (QED) is 0.448. The van der Waals surface area contributed by atoms with Gasteiger partial charge in [0.15, 0.2) is 0 Å². The van der Waals surface area contributed by atoms with E-state index in [9.17, 15) is 4.79 Å². The predicted octanol–water partition coefficient (Wildman–Crippen LogP) is 1.65. The Labute approximate surface area is 156 Å². The largest absolute Gasteiger partial charge is 0.398 e. The molecule has 5 nitrogen and oxygen atoms in total. The number of nitrogen functional groups attached to an aromatic ring is 1. The molecule has 4 radical (unpaired) electrons. The van der Waals surface area contributed by atoms with Gasteiger partial charge in [-0.2, -0.15) is 0 Å². The lowest BCUT2D eigenvalue weighted by Gasteiger charge is -2.37. The van der Waals surface area contributed by atoms with E-state index in [4.69, 9.17) is 27.2 Å². The highest BCUT2D eigenvalue weighted by molar-refractivity contribution is 6.40. The average molecular weight is 342 g/mol. The van der Waals surface area contributed by atoms with Gasteiger partial charge in [0.1, 0.15) is 0 Å². The number of aliphatic imine (C=N–C) groups is 1. The number of nitrogens with zero attached hydrogens (tertiary/aromatic N) is 1. The minimum absolute atomic E-state index is 0.277. The lowest BCUT2D eigenvalue weighted by atomic mass is 9.49. The fourth-order valence-corrected chi connectivity index (χ4v) is 3.21. The van der Waals surface area contributed by atoms with Gasteiger partial charge in [-0.3, -0.25) is 9.79 Å². The number of piperidine rings is 1. The van der Waals surface area contributed by atoms with Crippen LogP contribution in [0.1, 0.15) is 33.8 Å². The third-order valence-electron chi connectivity index (χ3n) is 4.59. The highest BCUT2D eigenvalue weighted by atomic mass is 16.1. The molecule has 7 heteroatoms. The fraction of sp³-hybridized carbons (Fsp3) is 0.263. The molecule has 1 saturated heterocycles. The summed E-state index contributed by atoms with van der Waals surface area (Å²) in [6.45, 7) is 1.48. The number of para-hydroxylation sites is 1. The number of nitrogens with one attached hydrogen (secondary N) is 1. The number of amides is 1. The minimum atomic E-state index is -0.678. The highest BCUT2D eigenvalue weighted by Crippen LogP contribution is 2.35. The lowest BCUT2D eigenvalue weighted by molar-refractivity contribution is 0.100. The maximum Gasteiger partial charge on any atom is 0.250 e. The van der Waals surface area contributed by atoms with Gasteiger partial charge in [-0.05, 0) is 36.2 Å². The Morgan fingerprint density at radius 2 is 1.96 bits per heavy atom. The van der Waals surface area contributed by atoms with Crippen LogP contribution >= 0.6 is 0 Å². The SMILES string of the molecule is [B]C1([B])CNCC(c2ccc(N=Cc3cccc(C(N)=O)c3N)cc2)C1. The number of primary amides is 1. The van der Waals surface area contributed by atoms with E-state index in [0.29, 0.717) is 23.4 Å². The molecular formula is C19H20B2N4O. The molecule has 0 saturated carbocycles. The lowest BCUT2D eigenvalue weighted by Crippen LogP contribution is -2.39. The Morgan fingerprint density at radius 1 is 1.23 bits per heavy atom. The van der Waals surface area contributed by atoms with Crippen LogP contribution < -0.4 is 16.8 Å². The van der Waals surface area contributed by atoms with Gasteiger partial charge in [0, 0.05) is 18.3 Å². The first-order valence-electron chi connectivity index (χ1n) is 8.46. The second kappa shape index (κ2) is 7.38. The zero-order valence-corrected chi connectivity index (χ0v) is 14.5. The van der Waals surface area contributed by atoms with E-state index in [1.165, 1.54) is 5.56 Å². The minimum Gasteiger partial charge on any atom is -0.398 e. The summed E-state index contributed by atoms with van der Waals surface area (Å²) in [5, 5.41) is 2.60. The van der Waals surface area contributed by atoms with Crippen LogP contribution in [0.25, 0.3) is 0 Å². The van der Waals surface area contributed by atoms with Crippen molar-refractivity contribution in [3.63, 3.8) is 0 Å². The average Bonchev–Trinajstić information content (AvgIpc) is 2.60. The van der Waals surface area contributed by atoms with Crippen LogP contribution in [0.4, 0.5) is 11.4 Å². The molecule has 1 aliphatic heterocycles. The molecule has 0 spiro atoms. The summed E-state index contributed by atoms with van der Waals surface area (Å²) >= 11 is 0. The van der Waals surface area contributed by atoms with Crippen molar-refractivity contribution >= 4 is 39.2 Å². The van der Waals surface area contributed by atoms with E-state index >= 15 is 0 Å². The van der Waals surface area contributed by atoms with Gasteiger partial charge in [0.05, 0.1) is 32.6 Å². The molecule has 1 unspecified atom stereocenters. The van der Waals surface area contributed by atoms with E-state index in [0.717, 1.165) is 18.7 Å². The van der Waals surface area contributed by atoms with Crippen molar-refractivity contribution in [3.8, 4) is 0 Å². The van der Waals surface area contributed by atoms with Gasteiger partial charge in [0.25, 0.3) is 5.91 Å². The molecule has 5 N–H and O–H groups in total. The molecule has 128 valence electrons. The van der Waals surface area contributed by atoms with Crippen LogP contribution in [0.3, 0.4) is 0 Å². The summed E-state index contributed by atoms with van der Waals surface area (Å²) in [4.78, 5) is 15.8. The standard InChI is InChI=1S/C19H20B2N4O/c20-19(21)8-14(9-24-11-19)12-4-6-15(7-5-12)25-10-13-2-1-3-16(17(13)22)18(23)26/h1-7,10,14,24H,8-9,11,22H2,(H2,23,26). The van der Waals surface area contributed by atoms with E-state index < -0.39 is 11.1 Å². The Bertz CT molecular complexity index is 834. The molecule has 2 aromatic rings. The number of anilines is 1. The molecule has 1 atom stereocenters. The van der Waals surface area contributed by atoms with E-state index in [1.807, 2.05) is 24.3 Å². The normalized spacial score (nSPS) is 19.5. The van der Waals surface area contributed by atoms with Crippen molar-refractivity contribution in [2.75, 3.05) is 18.8 Å². The molecule has 26 heavy (non-hydrogen) atoms. The van der Waals surface area contributed by atoms with Crippen molar-refractivity contribution in [1.29, 1.82) is 0 Å². The van der Waals surface area contributed by atoms with Gasteiger partial charge in [-0.25, -0.2) is 0 Å². The Morgan fingerprint density at radius 3 is 2.62 bits per heavy atom. The van der Waals surface area contributed by atoms with Gasteiger partial charge < -0.3 is 16.8 Å². The number of carbonyl (C=O) groups excluding carboxylic acids is 1. The highest BCUT2D eigenvalue weighted by Gasteiger charge is 2.27. The number of benzene rings is 2. The first-order valence-corrected chi connectivity index (χ1v) is 8.46. The first kappa shape index (κ1) is 18.3. The zero-order valence-electron chi connectivity index (χ0n) is 14.5. The van der Waals surface area contributed by atoms with Crippen molar-refractivity contribution in [1.82, 2.24) is 5.32 Å². The number of nitrogens with two attached hydrogens (primary N) is 2. The van der Waals surface area contributed by atoms with Crippen molar-refractivity contribution in [2.45, 2.75) is 17.6 Å². The molecule has 0 aliphatic carbocycles. The van der Waals surface area contributed by atoms with E-state index in [-0.39, 0.29) is 5.92 Å². The summed E-state index contributed by atoms with van der Waals surface area (Å²) in [6.07, 6.45) is 2.36. The zero-order chi connectivity index (χ0) is 18.7. The number of hydrogen-bond donors (Lipinski definition) is 3. The van der Waals surface area contributed by atoms with Crippen molar-refractivity contribution in [3.05, 3.63) is 59.2 Å². The van der Waals surface area contributed by atoms with Gasteiger partial charge in [0.2, 0.25) is 0 Å². The van der Waals surface area contributed by atoms with Crippen LogP contribution in [0.5, 0.6) is 0 Å². The molecule has 1 heterocycles. The third-order valence-corrected chi connectivity index (χ3v) is 4.59. The summed E-state index contributed by atoms with van der Waals surface area (Å²) in [7, 11) is 12.1. The van der Waals surface area contributed by atoms with Crippen molar-refractivity contribution in [2.24, 2.45) is 10.7 Å². The van der Waals surface area contributed by atoms with Crippen LogP contribution in [0, 0.1) is 0 Å². The van der Waals surface area contributed by atoms with Crippen LogP contribution in [-0.4, -0.2) is 40.9 Å². The molecule has 3 rings (SSSR count). The van der Waals surface area contributed by atoms with Gasteiger partial charge in [-0.15, -0.1) is 0 Å². The predicted molar refractivity (Wildman–Crippen MR) is 107 cm³/mol. The maximum atomic E-state index is 11.4. The van der Waals surface area contributed by atoms with Crippen LogP contribution in [0.2, 0.25) is 5.21 Å². The van der Waals surface area contributed by atoms with Gasteiger partial charge in [-0.1, -0.05) is 35.9 Å². The molecule has 2 aromatic carbocycles. The summed E-state index contributed by atoms with van der Waals surface area (Å²) in [5.41, 5.74) is 14.5. The molecular weight excluding hydrogens is 322 g/mol. The molecule has 1 aliphatic rings. The van der Waals surface area contributed by atoms with Gasteiger partial charge >= 0.3 is 0 Å². The summed E-state index contributed by atoms with van der Waals surface area (Å²) < 4.78 is 0. The van der Waals surface area contributed by atoms with E-state index in [2.05, 4.69) is 10.3 Å². The Kier molecular flexibility index (Phi) is 5.18. The number of carbonyl (C=O) groups is 1. The van der Waals surface area contributed by atoms with Crippen molar-refractivity contribution < 1.29 is 4.79 Å². The second-order valence-corrected chi connectivity index (χ2v) is 6.79. The second-order valence-electron chi connectivity index (χ2n) is 6.79. The maximum absolute atomic E-state index is 11.4. The summed E-state index contributed by atoms with van der Waals surface area (Å²) in [6, 6.07) is 13.0. The Hall–Kier alpha value is -2.53. The first-order chi connectivity index (χ1) is 12.4. The smallest absolute Gasteiger partial charge is 0.250 e. The topological polar surface area (TPSA) is 93.5 Å². The number of rotatable bonds is 4. The molecule has 0 aromatic heterocycles. The molecule has 0 bridgehead atoms.